The molecule has 0 aliphatic carbocycles. The van der Waals surface area contributed by atoms with Crippen molar-refractivity contribution in [2.45, 2.75) is 19.9 Å². The number of anilines is 1. The number of hydrogen-bond donors (Lipinski definition) is 2. The Morgan fingerprint density at radius 1 is 1.17 bits per heavy atom. The lowest BCUT2D eigenvalue weighted by Crippen LogP contribution is -2.37. The molecule has 3 amide bonds. The number of nitrogens with one attached hydrogen (secondary N) is 1. The largest absolute Gasteiger partial charge is 0.508 e. The zero-order valence-corrected chi connectivity index (χ0v) is 16.9. The Hall–Kier alpha value is -3.20. The number of rotatable bonds is 5. The van der Waals surface area contributed by atoms with E-state index in [4.69, 9.17) is 0 Å². The normalized spacial score (nSPS) is 14.7. The molecular formula is C20H20N2O6S. The second-order valence-electron chi connectivity index (χ2n) is 7.04. The van der Waals surface area contributed by atoms with E-state index in [1.165, 1.54) is 37.3 Å². The molecule has 0 fully saturated rings. The van der Waals surface area contributed by atoms with Crippen LogP contribution < -0.4 is 5.32 Å². The van der Waals surface area contributed by atoms with Gasteiger partial charge in [-0.2, -0.15) is 0 Å². The van der Waals surface area contributed by atoms with Crippen molar-refractivity contribution in [2.24, 2.45) is 0 Å². The van der Waals surface area contributed by atoms with E-state index in [-0.39, 0.29) is 22.6 Å². The minimum atomic E-state index is -3.57. The molecule has 2 aromatic carbocycles. The van der Waals surface area contributed by atoms with Crippen LogP contribution in [0.4, 0.5) is 5.69 Å². The topological polar surface area (TPSA) is 121 Å². The fraction of sp³-hybridized carbons (Fsp3) is 0.250. The van der Waals surface area contributed by atoms with Gasteiger partial charge in [-0.05, 0) is 36.2 Å². The summed E-state index contributed by atoms with van der Waals surface area (Å²) in [6, 6.07) is 7.84. The van der Waals surface area contributed by atoms with Crippen molar-refractivity contribution < 1.29 is 27.9 Å². The Morgan fingerprint density at radius 2 is 1.86 bits per heavy atom. The first-order chi connectivity index (χ1) is 13.5. The maximum Gasteiger partial charge on any atom is 0.264 e. The number of hydrogen-bond acceptors (Lipinski definition) is 6. The molecule has 1 unspecified atom stereocenters. The molecule has 1 atom stereocenters. The number of aryl methyl sites for hydroxylation is 1. The lowest BCUT2D eigenvalue weighted by Gasteiger charge is -2.26. The molecule has 2 aromatic rings. The van der Waals surface area contributed by atoms with E-state index in [0.29, 0.717) is 11.1 Å². The van der Waals surface area contributed by atoms with Crippen LogP contribution >= 0.6 is 0 Å². The van der Waals surface area contributed by atoms with E-state index in [1.54, 1.807) is 13.0 Å². The molecular weight excluding hydrogens is 396 g/mol. The Balaban J connectivity index is 2.13. The lowest BCUT2D eigenvalue weighted by molar-refractivity contribution is -0.114. The standard InChI is InChI=1S/C20H20N2O6S/c1-11-9-13(7-8-17(11)24)16(10-29(3,27)28)22-19(25)14-5-4-6-15(21-12(2)23)18(14)20(22)26/h4-9,16,24H,10H2,1-3H3,(H,21,23). The minimum Gasteiger partial charge on any atom is -0.508 e. The summed E-state index contributed by atoms with van der Waals surface area (Å²) in [5, 5.41) is 12.3. The van der Waals surface area contributed by atoms with Crippen LogP contribution in [0.15, 0.2) is 36.4 Å². The highest BCUT2D eigenvalue weighted by Crippen LogP contribution is 2.36. The number of benzene rings is 2. The van der Waals surface area contributed by atoms with E-state index < -0.39 is 39.4 Å². The second-order valence-corrected chi connectivity index (χ2v) is 9.23. The summed E-state index contributed by atoms with van der Waals surface area (Å²) in [6.07, 6.45) is 1.02. The fourth-order valence-electron chi connectivity index (χ4n) is 3.37. The number of sulfone groups is 1. The zero-order valence-electron chi connectivity index (χ0n) is 16.1. The van der Waals surface area contributed by atoms with Crippen LogP contribution in [0.3, 0.4) is 0 Å². The molecule has 29 heavy (non-hydrogen) atoms. The van der Waals surface area contributed by atoms with E-state index in [1.807, 2.05) is 0 Å². The summed E-state index contributed by atoms with van der Waals surface area (Å²) in [6.45, 7) is 2.91. The average molecular weight is 416 g/mol. The van der Waals surface area contributed by atoms with Gasteiger partial charge in [-0.1, -0.05) is 18.2 Å². The Morgan fingerprint density at radius 3 is 2.45 bits per heavy atom. The van der Waals surface area contributed by atoms with Crippen LogP contribution in [0.25, 0.3) is 0 Å². The number of fused-ring (bicyclic) bond motifs is 1. The highest BCUT2D eigenvalue weighted by Gasteiger charge is 2.43. The molecule has 152 valence electrons. The molecule has 8 nitrogen and oxygen atoms in total. The molecule has 0 aromatic heterocycles. The van der Waals surface area contributed by atoms with E-state index >= 15 is 0 Å². The predicted octanol–water partition coefficient (Wildman–Crippen LogP) is 2.04. The molecule has 0 saturated heterocycles. The first kappa shape index (κ1) is 20.5. The molecule has 1 aliphatic rings. The maximum absolute atomic E-state index is 13.2. The van der Waals surface area contributed by atoms with Crippen LogP contribution in [-0.2, 0) is 14.6 Å². The zero-order chi connectivity index (χ0) is 21.5. The van der Waals surface area contributed by atoms with Gasteiger partial charge >= 0.3 is 0 Å². The smallest absolute Gasteiger partial charge is 0.264 e. The van der Waals surface area contributed by atoms with Crippen LogP contribution in [-0.4, -0.2) is 48.2 Å². The van der Waals surface area contributed by atoms with Gasteiger partial charge in [-0.25, -0.2) is 8.42 Å². The third-order valence-corrected chi connectivity index (χ3v) is 5.56. The van der Waals surface area contributed by atoms with E-state index in [9.17, 15) is 27.9 Å². The van der Waals surface area contributed by atoms with Crippen LogP contribution in [0.5, 0.6) is 5.75 Å². The van der Waals surface area contributed by atoms with Crippen LogP contribution in [0.2, 0.25) is 0 Å². The van der Waals surface area contributed by atoms with Gasteiger partial charge in [0.15, 0.2) is 0 Å². The van der Waals surface area contributed by atoms with Crippen molar-refractivity contribution in [3.8, 4) is 5.75 Å². The highest BCUT2D eigenvalue weighted by molar-refractivity contribution is 7.90. The summed E-state index contributed by atoms with van der Waals surface area (Å²) in [5.74, 6) is -2.19. The maximum atomic E-state index is 13.2. The van der Waals surface area contributed by atoms with Crippen LogP contribution in [0, 0.1) is 6.92 Å². The van der Waals surface area contributed by atoms with Crippen molar-refractivity contribution in [2.75, 3.05) is 17.3 Å². The van der Waals surface area contributed by atoms with Gasteiger partial charge in [0.2, 0.25) is 5.91 Å². The average Bonchev–Trinajstić information content (AvgIpc) is 2.86. The first-order valence-electron chi connectivity index (χ1n) is 8.75. The molecule has 0 bridgehead atoms. The van der Waals surface area contributed by atoms with E-state index in [2.05, 4.69) is 5.32 Å². The Bertz CT molecular complexity index is 1140. The summed E-state index contributed by atoms with van der Waals surface area (Å²) < 4.78 is 24.1. The number of amides is 3. The fourth-order valence-corrected chi connectivity index (χ4v) is 4.29. The summed E-state index contributed by atoms with van der Waals surface area (Å²) in [4.78, 5) is 38.6. The number of phenols is 1. The number of carbonyl (C=O) groups is 3. The Kier molecular flexibility index (Phi) is 5.18. The number of imide groups is 1. The van der Waals surface area contributed by atoms with Gasteiger partial charge < -0.3 is 10.4 Å². The van der Waals surface area contributed by atoms with Crippen molar-refractivity contribution in [1.82, 2.24) is 4.90 Å². The second kappa shape index (κ2) is 7.32. The van der Waals surface area contributed by atoms with Gasteiger partial charge in [-0.15, -0.1) is 0 Å². The van der Waals surface area contributed by atoms with Gasteiger partial charge in [0, 0.05) is 13.2 Å². The van der Waals surface area contributed by atoms with Crippen molar-refractivity contribution in [1.29, 1.82) is 0 Å². The number of nitrogens with zero attached hydrogens (tertiary/aromatic N) is 1. The summed E-state index contributed by atoms with van der Waals surface area (Å²) >= 11 is 0. The van der Waals surface area contributed by atoms with Gasteiger partial charge in [0.25, 0.3) is 11.8 Å². The minimum absolute atomic E-state index is 0.0159. The monoisotopic (exact) mass is 416 g/mol. The van der Waals surface area contributed by atoms with Crippen LogP contribution in [0.1, 0.15) is 44.8 Å². The highest BCUT2D eigenvalue weighted by atomic mass is 32.2. The van der Waals surface area contributed by atoms with Gasteiger partial charge in [-0.3, -0.25) is 19.3 Å². The predicted molar refractivity (Wildman–Crippen MR) is 107 cm³/mol. The molecule has 9 heteroatoms. The number of phenolic OH excluding ortho intramolecular Hbond substituents is 1. The lowest BCUT2D eigenvalue weighted by atomic mass is 10.0. The third kappa shape index (κ3) is 4.00. The molecule has 3 rings (SSSR count). The molecule has 1 heterocycles. The van der Waals surface area contributed by atoms with Gasteiger partial charge in [0.1, 0.15) is 15.6 Å². The Labute approximate surface area is 168 Å². The summed E-state index contributed by atoms with van der Waals surface area (Å²) in [7, 11) is -3.57. The SMILES string of the molecule is CC(=O)Nc1cccc2c1C(=O)N(C(CS(C)(=O)=O)c1ccc(O)c(C)c1)C2=O. The van der Waals surface area contributed by atoms with Gasteiger partial charge in [0.05, 0.1) is 28.6 Å². The first-order valence-corrected chi connectivity index (χ1v) is 10.8. The molecule has 2 N–H and O–H groups in total. The number of carbonyl (C=O) groups excluding carboxylic acids is 3. The van der Waals surface area contributed by atoms with Crippen molar-refractivity contribution >= 4 is 33.2 Å². The van der Waals surface area contributed by atoms with E-state index in [0.717, 1.165) is 11.2 Å². The summed E-state index contributed by atoms with van der Waals surface area (Å²) in [5.41, 5.74) is 1.20. The molecule has 0 radical (unpaired) electrons. The molecule has 0 spiro atoms. The molecule has 0 saturated carbocycles. The third-order valence-electron chi connectivity index (χ3n) is 4.63. The number of aromatic hydroxyl groups is 1. The van der Waals surface area contributed by atoms with Crippen molar-refractivity contribution in [3.63, 3.8) is 0 Å². The quantitative estimate of drug-likeness (QED) is 0.720. The molecule has 1 aliphatic heterocycles. The van der Waals surface area contributed by atoms with Crippen molar-refractivity contribution in [3.05, 3.63) is 58.7 Å².